The van der Waals surface area contributed by atoms with E-state index in [9.17, 15) is 4.79 Å². The highest BCUT2D eigenvalue weighted by atomic mass is 35.5. The summed E-state index contributed by atoms with van der Waals surface area (Å²) in [5.74, 6) is -0.0633. The fraction of sp³-hybridized carbons (Fsp3) is 0. The molecule has 0 atom stereocenters. The number of carbonyl (C=O) groups excluding carboxylic acids is 1. The fourth-order valence-corrected chi connectivity index (χ4v) is 1.88. The van der Waals surface area contributed by atoms with Crippen molar-refractivity contribution in [2.24, 2.45) is 0 Å². The Bertz CT molecular complexity index is 589. The Morgan fingerprint density at radius 2 is 1.67 bits per heavy atom. The van der Waals surface area contributed by atoms with Crippen LogP contribution in [0.3, 0.4) is 0 Å². The maximum atomic E-state index is 11.9. The number of halogens is 2. The Morgan fingerprint density at radius 1 is 0.944 bits per heavy atom. The van der Waals surface area contributed by atoms with Crippen molar-refractivity contribution in [1.29, 1.82) is 0 Å². The van der Waals surface area contributed by atoms with Crippen LogP contribution >= 0.6 is 23.2 Å². The van der Waals surface area contributed by atoms with Crippen molar-refractivity contribution < 1.29 is 4.79 Å². The summed E-state index contributed by atoms with van der Waals surface area (Å²) in [6.07, 6.45) is 3.16. The summed E-state index contributed by atoms with van der Waals surface area (Å²) >= 11 is 11.9. The molecule has 0 heterocycles. The molecule has 0 aliphatic rings. The van der Waals surface area contributed by atoms with Crippen molar-refractivity contribution in [3.05, 3.63) is 75.8 Å². The minimum Gasteiger partial charge on any atom is -0.289 e. The normalized spacial score (nSPS) is 10.8. The number of benzene rings is 2. The van der Waals surface area contributed by atoms with Gasteiger partial charge in [0.1, 0.15) is 0 Å². The van der Waals surface area contributed by atoms with Crippen molar-refractivity contribution in [3.63, 3.8) is 0 Å². The van der Waals surface area contributed by atoms with Crippen molar-refractivity contribution in [1.82, 2.24) is 0 Å². The van der Waals surface area contributed by atoms with Gasteiger partial charge < -0.3 is 0 Å². The molecule has 2 rings (SSSR count). The second-order valence-electron chi connectivity index (χ2n) is 3.71. The zero-order valence-corrected chi connectivity index (χ0v) is 10.9. The molecule has 0 spiro atoms. The molecule has 2 aromatic rings. The summed E-state index contributed by atoms with van der Waals surface area (Å²) in [4.78, 5) is 11.9. The largest absolute Gasteiger partial charge is 0.289 e. The molecule has 0 unspecified atom stereocenters. The maximum absolute atomic E-state index is 11.9. The van der Waals surface area contributed by atoms with E-state index in [-0.39, 0.29) is 5.78 Å². The lowest BCUT2D eigenvalue weighted by molar-refractivity contribution is 0.104. The molecular formula is C15H10Cl2O. The summed E-state index contributed by atoms with van der Waals surface area (Å²) < 4.78 is 0. The van der Waals surface area contributed by atoms with Gasteiger partial charge in [-0.1, -0.05) is 65.7 Å². The number of ketones is 1. The molecule has 0 radical (unpaired) electrons. The van der Waals surface area contributed by atoms with Gasteiger partial charge in [0.15, 0.2) is 5.78 Å². The average Bonchev–Trinajstić information content (AvgIpc) is 2.41. The van der Waals surface area contributed by atoms with Crippen molar-refractivity contribution in [2.45, 2.75) is 0 Å². The molecule has 0 saturated carbocycles. The van der Waals surface area contributed by atoms with Gasteiger partial charge in [-0.25, -0.2) is 0 Å². The van der Waals surface area contributed by atoms with E-state index >= 15 is 0 Å². The van der Waals surface area contributed by atoms with E-state index < -0.39 is 0 Å². The highest BCUT2D eigenvalue weighted by Crippen LogP contribution is 2.26. The highest BCUT2D eigenvalue weighted by Gasteiger charge is 2.03. The molecule has 2 aromatic carbocycles. The number of rotatable bonds is 3. The first-order chi connectivity index (χ1) is 8.68. The zero-order valence-electron chi connectivity index (χ0n) is 9.44. The Hall–Kier alpha value is -1.57. The summed E-state index contributed by atoms with van der Waals surface area (Å²) in [5, 5.41) is 0.933. The first-order valence-corrected chi connectivity index (χ1v) is 6.15. The SMILES string of the molecule is O=C(C=Cc1cccc(Cl)c1Cl)c1ccccc1. The lowest BCUT2D eigenvalue weighted by atomic mass is 10.1. The topological polar surface area (TPSA) is 17.1 Å². The second-order valence-corrected chi connectivity index (χ2v) is 4.49. The minimum atomic E-state index is -0.0633. The first-order valence-electron chi connectivity index (χ1n) is 5.40. The van der Waals surface area contributed by atoms with Crippen LogP contribution in [0.15, 0.2) is 54.6 Å². The molecule has 0 saturated heterocycles. The summed E-state index contributed by atoms with van der Waals surface area (Å²) in [7, 11) is 0. The van der Waals surface area contributed by atoms with E-state index in [0.29, 0.717) is 15.6 Å². The molecule has 0 amide bonds. The van der Waals surface area contributed by atoms with Gasteiger partial charge in [0, 0.05) is 5.56 Å². The molecule has 0 aliphatic carbocycles. The maximum Gasteiger partial charge on any atom is 0.185 e. The number of hydrogen-bond acceptors (Lipinski definition) is 1. The van der Waals surface area contributed by atoms with Crippen LogP contribution in [-0.2, 0) is 0 Å². The Kier molecular flexibility index (Phi) is 4.19. The Balaban J connectivity index is 2.22. The van der Waals surface area contributed by atoms with Crippen molar-refractivity contribution in [2.75, 3.05) is 0 Å². The monoisotopic (exact) mass is 276 g/mol. The molecule has 0 bridgehead atoms. The molecule has 90 valence electrons. The Morgan fingerprint density at radius 3 is 2.39 bits per heavy atom. The summed E-state index contributed by atoms with van der Waals surface area (Å²) in [6.45, 7) is 0. The highest BCUT2D eigenvalue weighted by molar-refractivity contribution is 6.42. The minimum absolute atomic E-state index is 0.0633. The van der Waals surface area contributed by atoms with E-state index in [2.05, 4.69) is 0 Å². The van der Waals surface area contributed by atoms with Crippen LogP contribution in [-0.4, -0.2) is 5.78 Å². The predicted octanol–water partition coefficient (Wildman–Crippen LogP) is 4.89. The van der Waals surface area contributed by atoms with Crippen LogP contribution in [0.5, 0.6) is 0 Å². The third-order valence-corrected chi connectivity index (χ3v) is 3.29. The van der Waals surface area contributed by atoms with Crippen LogP contribution in [0.25, 0.3) is 6.08 Å². The quantitative estimate of drug-likeness (QED) is 0.576. The lowest BCUT2D eigenvalue weighted by Gasteiger charge is -2.00. The van der Waals surface area contributed by atoms with Gasteiger partial charge in [-0.3, -0.25) is 4.79 Å². The van der Waals surface area contributed by atoms with Gasteiger partial charge in [0.05, 0.1) is 10.0 Å². The standard InChI is InChI=1S/C15H10Cl2O/c16-13-8-4-7-12(15(13)17)9-10-14(18)11-5-2-1-3-6-11/h1-10H. The van der Waals surface area contributed by atoms with Crippen LogP contribution in [0.2, 0.25) is 10.0 Å². The molecule has 0 N–H and O–H groups in total. The number of carbonyl (C=O) groups is 1. The smallest absolute Gasteiger partial charge is 0.185 e. The van der Waals surface area contributed by atoms with Gasteiger partial charge >= 0.3 is 0 Å². The summed E-state index contributed by atoms with van der Waals surface area (Å²) in [6, 6.07) is 14.4. The van der Waals surface area contributed by atoms with E-state index in [0.717, 1.165) is 5.56 Å². The van der Waals surface area contributed by atoms with Crippen molar-refractivity contribution in [3.8, 4) is 0 Å². The molecule has 3 heteroatoms. The van der Waals surface area contributed by atoms with Gasteiger partial charge in [-0.05, 0) is 23.8 Å². The van der Waals surface area contributed by atoms with Crippen LogP contribution < -0.4 is 0 Å². The van der Waals surface area contributed by atoms with Crippen LogP contribution in [0, 0.1) is 0 Å². The van der Waals surface area contributed by atoms with Crippen LogP contribution in [0.4, 0.5) is 0 Å². The molecule has 1 nitrogen and oxygen atoms in total. The summed E-state index contributed by atoms with van der Waals surface area (Å²) in [5.41, 5.74) is 1.38. The van der Waals surface area contributed by atoms with E-state index in [1.165, 1.54) is 6.08 Å². The third-order valence-electron chi connectivity index (χ3n) is 2.45. The fourth-order valence-electron chi connectivity index (χ4n) is 1.51. The van der Waals surface area contributed by atoms with Crippen LogP contribution in [0.1, 0.15) is 15.9 Å². The zero-order chi connectivity index (χ0) is 13.0. The second kappa shape index (κ2) is 5.85. The van der Waals surface area contributed by atoms with Crippen molar-refractivity contribution >= 4 is 35.1 Å². The Labute approximate surface area is 116 Å². The average molecular weight is 277 g/mol. The van der Waals surface area contributed by atoms with E-state index in [1.807, 2.05) is 24.3 Å². The van der Waals surface area contributed by atoms with Gasteiger partial charge in [-0.15, -0.1) is 0 Å². The predicted molar refractivity (Wildman–Crippen MR) is 76.3 cm³/mol. The van der Waals surface area contributed by atoms with E-state index in [4.69, 9.17) is 23.2 Å². The van der Waals surface area contributed by atoms with Gasteiger partial charge in [0.25, 0.3) is 0 Å². The number of hydrogen-bond donors (Lipinski definition) is 0. The molecular weight excluding hydrogens is 267 g/mol. The van der Waals surface area contributed by atoms with E-state index in [1.54, 1.807) is 30.3 Å². The molecule has 0 aromatic heterocycles. The third kappa shape index (κ3) is 3.00. The first kappa shape index (κ1) is 12.9. The molecule has 0 aliphatic heterocycles. The molecule has 18 heavy (non-hydrogen) atoms. The number of allylic oxidation sites excluding steroid dienone is 1. The van der Waals surface area contributed by atoms with Gasteiger partial charge in [-0.2, -0.15) is 0 Å². The van der Waals surface area contributed by atoms with Gasteiger partial charge in [0.2, 0.25) is 0 Å². The molecule has 0 fully saturated rings. The lowest BCUT2D eigenvalue weighted by Crippen LogP contribution is -1.92.